The van der Waals surface area contributed by atoms with Crippen LogP contribution in [-0.4, -0.2) is 25.0 Å². The van der Waals surface area contributed by atoms with Gasteiger partial charge in [-0.05, 0) is 67.1 Å². The molecule has 1 fully saturated rings. The van der Waals surface area contributed by atoms with Gasteiger partial charge in [-0.3, -0.25) is 9.69 Å². The van der Waals surface area contributed by atoms with Gasteiger partial charge in [0, 0.05) is 30.0 Å². The number of rotatable bonds is 3. The minimum atomic E-state index is -0.121. The van der Waals surface area contributed by atoms with Gasteiger partial charge in [-0.15, -0.1) is 12.4 Å². The second kappa shape index (κ2) is 8.52. The number of halogens is 1. The molecule has 28 heavy (non-hydrogen) atoms. The van der Waals surface area contributed by atoms with Crippen LogP contribution in [0.5, 0.6) is 0 Å². The predicted octanol–water partition coefficient (Wildman–Crippen LogP) is 3.42. The van der Waals surface area contributed by atoms with Crippen molar-refractivity contribution < 1.29 is 9.59 Å². The molecule has 0 aromatic heterocycles. The van der Waals surface area contributed by atoms with Crippen molar-refractivity contribution in [2.24, 2.45) is 0 Å². The maximum absolute atomic E-state index is 12.9. The molecule has 2 aromatic rings. The standard InChI is InChI=1S/C21H24N4O2.ClH/c22-16-8-9-18-14(12-16)4-2-7-19(18)24-20(26)15-5-1-6-17(13-15)25-11-3-10-23-21(25)27;/h1,5-6,8-9,12-13,19H,2-4,7,10-11,22H2,(H,23,27)(H,24,26);1H. The summed E-state index contributed by atoms with van der Waals surface area (Å²) in [7, 11) is 0. The van der Waals surface area contributed by atoms with Gasteiger partial charge >= 0.3 is 6.03 Å². The zero-order chi connectivity index (χ0) is 18.8. The van der Waals surface area contributed by atoms with E-state index in [9.17, 15) is 9.59 Å². The SMILES string of the molecule is Cl.Nc1ccc2c(c1)CCCC2NC(=O)c1cccc(N2CCCNC2=O)c1. The fraction of sp³-hybridized carbons (Fsp3) is 0.333. The molecule has 6 nitrogen and oxygen atoms in total. The Morgan fingerprint density at radius 1 is 1.18 bits per heavy atom. The highest BCUT2D eigenvalue weighted by Crippen LogP contribution is 2.31. The smallest absolute Gasteiger partial charge is 0.321 e. The molecule has 1 unspecified atom stereocenters. The number of anilines is 2. The number of urea groups is 1. The fourth-order valence-corrected chi connectivity index (χ4v) is 3.92. The minimum Gasteiger partial charge on any atom is -0.399 e. The zero-order valence-corrected chi connectivity index (χ0v) is 16.4. The number of nitrogens with zero attached hydrogens (tertiary/aromatic N) is 1. The molecule has 1 aliphatic heterocycles. The summed E-state index contributed by atoms with van der Waals surface area (Å²) < 4.78 is 0. The first-order chi connectivity index (χ1) is 13.1. The molecule has 1 saturated heterocycles. The summed E-state index contributed by atoms with van der Waals surface area (Å²) in [6.45, 7) is 1.36. The van der Waals surface area contributed by atoms with Crippen molar-refractivity contribution >= 4 is 35.7 Å². The van der Waals surface area contributed by atoms with Crippen LogP contribution >= 0.6 is 12.4 Å². The number of carbonyl (C=O) groups is 2. The summed E-state index contributed by atoms with van der Waals surface area (Å²) in [5, 5.41) is 5.99. The Labute approximate surface area is 170 Å². The molecule has 0 spiro atoms. The maximum atomic E-state index is 12.9. The first-order valence-corrected chi connectivity index (χ1v) is 9.46. The van der Waals surface area contributed by atoms with Crippen LogP contribution in [0.1, 0.15) is 46.8 Å². The van der Waals surface area contributed by atoms with E-state index >= 15 is 0 Å². The maximum Gasteiger partial charge on any atom is 0.321 e. The van der Waals surface area contributed by atoms with Crippen LogP contribution in [0.25, 0.3) is 0 Å². The molecule has 2 aliphatic rings. The van der Waals surface area contributed by atoms with Crippen molar-refractivity contribution in [3.05, 3.63) is 59.2 Å². The molecular weight excluding hydrogens is 376 g/mol. The number of nitrogens with one attached hydrogen (secondary N) is 2. The van der Waals surface area contributed by atoms with E-state index in [1.54, 1.807) is 17.0 Å². The topological polar surface area (TPSA) is 87.5 Å². The monoisotopic (exact) mass is 400 g/mol. The van der Waals surface area contributed by atoms with E-state index in [0.717, 1.165) is 42.6 Å². The second-order valence-corrected chi connectivity index (χ2v) is 7.16. The van der Waals surface area contributed by atoms with Crippen molar-refractivity contribution in [1.82, 2.24) is 10.6 Å². The fourth-order valence-electron chi connectivity index (χ4n) is 3.92. The first kappa shape index (κ1) is 20.0. The lowest BCUT2D eigenvalue weighted by Gasteiger charge is -2.28. The Bertz CT molecular complexity index is 886. The van der Waals surface area contributed by atoms with Crippen molar-refractivity contribution in [2.45, 2.75) is 31.7 Å². The summed E-state index contributed by atoms with van der Waals surface area (Å²) in [6.07, 6.45) is 3.82. The van der Waals surface area contributed by atoms with E-state index < -0.39 is 0 Å². The third kappa shape index (κ3) is 4.07. The summed E-state index contributed by atoms with van der Waals surface area (Å²) in [6, 6.07) is 13.0. The number of amides is 3. The van der Waals surface area contributed by atoms with Gasteiger partial charge in [0.25, 0.3) is 5.91 Å². The number of nitrogens with two attached hydrogens (primary N) is 1. The number of carbonyl (C=O) groups excluding carboxylic acids is 2. The molecule has 0 saturated carbocycles. The van der Waals surface area contributed by atoms with Crippen LogP contribution in [0.2, 0.25) is 0 Å². The molecule has 1 heterocycles. The first-order valence-electron chi connectivity index (χ1n) is 9.46. The van der Waals surface area contributed by atoms with E-state index in [2.05, 4.69) is 10.6 Å². The van der Waals surface area contributed by atoms with Gasteiger partial charge in [0.2, 0.25) is 0 Å². The predicted molar refractivity (Wildman–Crippen MR) is 113 cm³/mol. The Hall–Kier alpha value is -2.73. The van der Waals surface area contributed by atoms with Gasteiger partial charge in [-0.1, -0.05) is 12.1 Å². The van der Waals surface area contributed by atoms with Crippen molar-refractivity contribution in [3.8, 4) is 0 Å². The highest BCUT2D eigenvalue weighted by atomic mass is 35.5. The molecule has 1 aliphatic carbocycles. The van der Waals surface area contributed by atoms with Crippen molar-refractivity contribution in [3.63, 3.8) is 0 Å². The van der Waals surface area contributed by atoms with E-state index in [0.29, 0.717) is 18.7 Å². The van der Waals surface area contributed by atoms with Crippen molar-refractivity contribution in [2.75, 3.05) is 23.7 Å². The molecule has 4 rings (SSSR count). The normalized spacial score (nSPS) is 18.5. The van der Waals surface area contributed by atoms with Crippen LogP contribution in [0.3, 0.4) is 0 Å². The molecule has 2 aromatic carbocycles. The quantitative estimate of drug-likeness (QED) is 0.690. The van der Waals surface area contributed by atoms with Gasteiger partial charge in [-0.25, -0.2) is 4.79 Å². The average molecular weight is 401 g/mol. The van der Waals surface area contributed by atoms with E-state index in [4.69, 9.17) is 5.73 Å². The lowest BCUT2D eigenvalue weighted by atomic mass is 9.87. The molecule has 148 valence electrons. The highest BCUT2D eigenvalue weighted by Gasteiger charge is 2.24. The lowest BCUT2D eigenvalue weighted by Crippen LogP contribution is -2.46. The van der Waals surface area contributed by atoms with E-state index in [1.165, 1.54) is 5.56 Å². The Morgan fingerprint density at radius 2 is 2.04 bits per heavy atom. The van der Waals surface area contributed by atoms with Gasteiger partial charge in [0.1, 0.15) is 0 Å². The molecule has 4 N–H and O–H groups in total. The molecule has 0 bridgehead atoms. The van der Waals surface area contributed by atoms with Gasteiger partial charge in [0.05, 0.1) is 6.04 Å². The van der Waals surface area contributed by atoms with Crippen LogP contribution in [-0.2, 0) is 6.42 Å². The van der Waals surface area contributed by atoms with Crippen LogP contribution < -0.4 is 21.3 Å². The number of nitrogen functional groups attached to an aromatic ring is 1. The van der Waals surface area contributed by atoms with Gasteiger partial charge < -0.3 is 16.4 Å². The van der Waals surface area contributed by atoms with Crippen molar-refractivity contribution in [1.29, 1.82) is 0 Å². The summed E-state index contributed by atoms with van der Waals surface area (Å²) in [5.41, 5.74) is 10.3. The Morgan fingerprint density at radius 3 is 2.86 bits per heavy atom. The number of fused-ring (bicyclic) bond motifs is 1. The molecular formula is C21H25ClN4O2. The third-order valence-electron chi connectivity index (χ3n) is 5.29. The third-order valence-corrected chi connectivity index (χ3v) is 5.29. The number of benzene rings is 2. The zero-order valence-electron chi connectivity index (χ0n) is 15.6. The summed E-state index contributed by atoms with van der Waals surface area (Å²) in [4.78, 5) is 26.6. The van der Waals surface area contributed by atoms with E-state index in [-0.39, 0.29) is 30.4 Å². The molecule has 1 atom stereocenters. The molecule has 3 amide bonds. The van der Waals surface area contributed by atoms with Crippen LogP contribution in [0, 0.1) is 0 Å². The van der Waals surface area contributed by atoms with Gasteiger partial charge in [-0.2, -0.15) is 0 Å². The largest absolute Gasteiger partial charge is 0.399 e. The summed E-state index contributed by atoms with van der Waals surface area (Å²) >= 11 is 0. The highest BCUT2D eigenvalue weighted by molar-refractivity contribution is 5.98. The minimum absolute atomic E-state index is 0. The average Bonchev–Trinajstić information content (AvgIpc) is 2.68. The summed E-state index contributed by atoms with van der Waals surface area (Å²) in [5.74, 6) is -0.121. The Balaban J connectivity index is 0.00000225. The van der Waals surface area contributed by atoms with Gasteiger partial charge in [0.15, 0.2) is 0 Å². The van der Waals surface area contributed by atoms with Crippen LogP contribution in [0.4, 0.5) is 16.2 Å². The van der Waals surface area contributed by atoms with Crippen LogP contribution in [0.15, 0.2) is 42.5 Å². The number of aryl methyl sites for hydroxylation is 1. The molecule has 0 radical (unpaired) electrons. The molecule has 7 heteroatoms. The lowest BCUT2D eigenvalue weighted by molar-refractivity contribution is 0.0932. The number of hydrogen-bond acceptors (Lipinski definition) is 3. The second-order valence-electron chi connectivity index (χ2n) is 7.16. The Kier molecular flexibility index (Phi) is 6.09. The number of hydrogen-bond donors (Lipinski definition) is 3. The van der Waals surface area contributed by atoms with E-state index in [1.807, 2.05) is 30.3 Å².